The molecule has 1 atom stereocenters. The topological polar surface area (TPSA) is 103 Å². The van der Waals surface area contributed by atoms with E-state index in [1.807, 2.05) is 18.2 Å². The molecule has 2 aliphatic heterocycles. The summed E-state index contributed by atoms with van der Waals surface area (Å²) in [6.07, 6.45) is 1.37. The van der Waals surface area contributed by atoms with E-state index in [1.54, 1.807) is 0 Å². The van der Waals surface area contributed by atoms with E-state index in [0.717, 1.165) is 17.7 Å². The van der Waals surface area contributed by atoms with Crippen LogP contribution in [0.3, 0.4) is 0 Å². The van der Waals surface area contributed by atoms with E-state index >= 15 is 0 Å². The molecule has 0 saturated carbocycles. The molecule has 2 N–H and O–H groups in total. The maximum atomic E-state index is 13.9. The lowest BCUT2D eigenvalue weighted by Gasteiger charge is -2.38. The first-order chi connectivity index (χ1) is 15.3. The molecule has 8 nitrogen and oxygen atoms in total. The number of hydrogen-bond acceptors (Lipinski definition) is 6. The molecule has 0 radical (unpaired) electrons. The van der Waals surface area contributed by atoms with Crippen LogP contribution in [0.5, 0.6) is 11.5 Å². The number of sulfonamides is 1. The van der Waals surface area contributed by atoms with Gasteiger partial charge in [-0.3, -0.25) is 4.79 Å². The highest BCUT2D eigenvalue weighted by molar-refractivity contribution is 7.89. The molecule has 0 aliphatic carbocycles. The van der Waals surface area contributed by atoms with Crippen molar-refractivity contribution < 1.29 is 31.8 Å². The summed E-state index contributed by atoms with van der Waals surface area (Å²) in [5.74, 6) is -0.0463. The van der Waals surface area contributed by atoms with Crippen LogP contribution in [0.15, 0.2) is 47.4 Å². The van der Waals surface area contributed by atoms with Gasteiger partial charge < -0.3 is 19.5 Å². The molecule has 172 valence electrons. The quantitative estimate of drug-likeness (QED) is 0.651. The van der Waals surface area contributed by atoms with Gasteiger partial charge in [-0.2, -0.15) is 4.72 Å². The number of fused-ring (bicyclic) bond motifs is 1. The van der Waals surface area contributed by atoms with Crippen molar-refractivity contribution in [3.05, 3.63) is 53.8 Å². The summed E-state index contributed by atoms with van der Waals surface area (Å²) in [5.41, 5.74) is 0.601. The molecule has 0 spiro atoms. The Kier molecular flexibility index (Phi) is 6.36. The van der Waals surface area contributed by atoms with Gasteiger partial charge in [0, 0.05) is 25.2 Å². The SMILES string of the molecule is C[C@H](NS(=O)(=O)c1ccccc1F)C(=O)NCC1(c2ccc3c(c2)OCO3)CCOCC1. The second kappa shape index (κ2) is 9.05. The standard InChI is InChI=1S/C22H25FN2O6S/c1-15(25-32(27,28)20-5-3-2-4-17(20)23)21(26)24-13-22(8-10-29-11-9-22)16-6-7-18-19(12-16)31-14-30-18/h2-7,12,15,25H,8-11,13-14H2,1H3,(H,24,26)/t15-/m0/s1. The average molecular weight is 465 g/mol. The predicted molar refractivity (Wildman–Crippen MR) is 113 cm³/mol. The summed E-state index contributed by atoms with van der Waals surface area (Å²) in [6.45, 7) is 2.97. The number of hydrogen-bond donors (Lipinski definition) is 2. The molecule has 4 rings (SSSR count). The van der Waals surface area contributed by atoms with E-state index in [0.29, 0.717) is 44.1 Å². The first kappa shape index (κ1) is 22.5. The number of nitrogens with one attached hydrogen (secondary N) is 2. The molecule has 1 fully saturated rings. The molecule has 2 heterocycles. The van der Waals surface area contributed by atoms with Crippen LogP contribution < -0.4 is 19.5 Å². The molecule has 10 heteroatoms. The molecule has 1 saturated heterocycles. The van der Waals surface area contributed by atoms with Crippen molar-refractivity contribution in [3.8, 4) is 11.5 Å². The summed E-state index contributed by atoms with van der Waals surface area (Å²) in [7, 11) is -4.19. The summed E-state index contributed by atoms with van der Waals surface area (Å²) in [5, 5.41) is 2.86. The van der Waals surface area contributed by atoms with Crippen molar-refractivity contribution in [2.24, 2.45) is 0 Å². The van der Waals surface area contributed by atoms with Crippen LogP contribution in [-0.4, -0.2) is 46.9 Å². The lowest BCUT2D eigenvalue weighted by molar-refractivity contribution is -0.122. The van der Waals surface area contributed by atoms with Crippen LogP contribution in [0.25, 0.3) is 0 Å². The molecule has 0 unspecified atom stereocenters. The number of carbonyl (C=O) groups is 1. The van der Waals surface area contributed by atoms with E-state index in [2.05, 4.69) is 10.0 Å². The zero-order chi connectivity index (χ0) is 22.8. The fourth-order valence-corrected chi connectivity index (χ4v) is 5.26. The average Bonchev–Trinajstić information content (AvgIpc) is 3.26. The molecule has 2 aromatic rings. The summed E-state index contributed by atoms with van der Waals surface area (Å²) >= 11 is 0. The molecule has 2 aromatic carbocycles. The lowest BCUT2D eigenvalue weighted by atomic mass is 9.74. The van der Waals surface area contributed by atoms with Gasteiger partial charge >= 0.3 is 0 Å². The Morgan fingerprint density at radius 1 is 1.12 bits per heavy atom. The van der Waals surface area contributed by atoms with Crippen molar-refractivity contribution >= 4 is 15.9 Å². The van der Waals surface area contributed by atoms with Gasteiger partial charge in [0.15, 0.2) is 11.5 Å². The van der Waals surface area contributed by atoms with Crippen molar-refractivity contribution in [2.75, 3.05) is 26.6 Å². The summed E-state index contributed by atoms with van der Waals surface area (Å²) in [6, 6.07) is 9.66. The van der Waals surface area contributed by atoms with Gasteiger partial charge in [-0.15, -0.1) is 0 Å². The maximum absolute atomic E-state index is 13.9. The molecule has 1 amide bonds. The Balaban J connectivity index is 1.46. The van der Waals surface area contributed by atoms with Crippen molar-refractivity contribution in [2.45, 2.75) is 36.1 Å². The van der Waals surface area contributed by atoms with E-state index < -0.39 is 32.7 Å². The van der Waals surface area contributed by atoms with Gasteiger partial charge in [0.1, 0.15) is 10.7 Å². The Morgan fingerprint density at radius 2 is 1.84 bits per heavy atom. The van der Waals surface area contributed by atoms with Crippen LogP contribution in [0.2, 0.25) is 0 Å². The zero-order valence-corrected chi connectivity index (χ0v) is 18.4. The summed E-state index contributed by atoms with van der Waals surface area (Å²) < 4.78 is 57.5. The minimum absolute atomic E-state index is 0.172. The third-order valence-electron chi connectivity index (χ3n) is 5.89. The lowest BCUT2D eigenvalue weighted by Crippen LogP contribution is -2.50. The number of benzene rings is 2. The van der Waals surface area contributed by atoms with Gasteiger partial charge in [0.2, 0.25) is 22.7 Å². The Labute approximate surface area is 186 Å². The fourth-order valence-electron chi connectivity index (χ4n) is 3.98. The van der Waals surface area contributed by atoms with Crippen LogP contribution >= 0.6 is 0 Å². The number of halogens is 1. The van der Waals surface area contributed by atoms with Gasteiger partial charge in [-0.1, -0.05) is 18.2 Å². The number of ether oxygens (including phenoxy) is 3. The highest BCUT2D eigenvalue weighted by Gasteiger charge is 2.36. The van der Waals surface area contributed by atoms with Gasteiger partial charge in [0.25, 0.3) is 0 Å². The largest absolute Gasteiger partial charge is 0.454 e. The molecule has 0 aromatic heterocycles. The monoisotopic (exact) mass is 464 g/mol. The van der Waals surface area contributed by atoms with Crippen molar-refractivity contribution in [1.29, 1.82) is 0 Å². The van der Waals surface area contributed by atoms with Crippen molar-refractivity contribution in [3.63, 3.8) is 0 Å². The van der Waals surface area contributed by atoms with Crippen LogP contribution in [0, 0.1) is 5.82 Å². The van der Waals surface area contributed by atoms with Gasteiger partial charge in [0.05, 0.1) is 6.04 Å². The van der Waals surface area contributed by atoms with Crippen molar-refractivity contribution in [1.82, 2.24) is 10.0 Å². The van der Waals surface area contributed by atoms with E-state index in [9.17, 15) is 17.6 Å². The van der Waals surface area contributed by atoms with E-state index in [4.69, 9.17) is 14.2 Å². The summed E-state index contributed by atoms with van der Waals surface area (Å²) in [4.78, 5) is 12.2. The van der Waals surface area contributed by atoms with Crippen LogP contribution in [0.4, 0.5) is 4.39 Å². The van der Waals surface area contributed by atoms with Crippen LogP contribution in [0.1, 0.15) is 25.3 Å². The highest BCUT2D eigenvalue weighted by atomic mass is 32.2. The molecule has 0 bridgehead atoms. The smallest absolute Gasteiger partial charge is 0.244 e. The van der Waals surface area contributed by atoms with Gasteiger partial charge in [-0.05, 0) is 49.6 Å². The third kappa shape index (κ3) is 4.57. The van der Waals surface area contributed by atoms with Crippen LogP contribution in [-0.2, 0) is 25.0 Å². The molecular formula is C22H25FN2O6S. The second-order valence-electron chi connectivity index (χ2n) is 7.95. The normalized spacial score (nSPS) is 18.2. The first-order valence-electron chi connectivity index (χ1n) is 10.3. The number of amides is 1. The van der Waals surface area contributed by atoms with E-state index in [1.165, 1.54) is 19.1 Å². The minimum atomic E-state index is -4.19. The zero-order valence-electron chi connectivity index (χ0n) is 17.6. The first-order valence-corrected chi connectivity index (χ1v) is 11.8. The highest BCUT2D eigenvalue weighted by Crippen LogP contribution is 2.40. The number of rotatable bonds is 7. The molecule has 32 heavy (non-hydrogen) atoms. The predicted octanol–water partition coefficient (Wildman–Crippen LogP) is 2.09. The Morgan fingerprint density at radius 3 is 2.59 bits per heavy atom. The molecule has 2 aliphatic rings. The molecular weight excluding hydrogens is 439 g/mol. The Hall–Kier alpha value is -2.69. The van der Waals surface area contributed by atoms with Gasteiger partial charge in [-0.25, -0.2) is 12.8 Å². The van der Waals surface area contributed by atoms with E-state index in [-0.39, 0.29) is 12.2 Å². The third-order valence-corrected chi connectivity index (χ3v) is 7.46. The number of carbonyl (C=O) groups excluding carboxylic acids is 1. The Bertz CT molecular complexity index is 1100. The fraction of sp³-hybridized carbons (Fsp3) is 0.409. The second-order valence-corrected chi connectivity index (χ2v) is 9.63. The maximum Gasteiger partial charge on any atom is 0.244 e. The minimum Gasteiger partial charge on any atom is -0.454 e.